The molecule has 3 aliphatic rings. The Labute approximate surface area is 153 Å². The van der Waals surface area contributed by atoms with Crippen molar-refractivity contribution in [1.82, 2.24) is 0 Å². The summed E-state index contributed by atoms with van der Waals surface area (Å²) in [7, 11) is 1.70. The molecule has 4 atom stereocenters. The van der Waals surface area contributed by atoms with Crippen molar-refractivity contribution < 1.29 is 19.2 Å². The molecule has 5 nitrogen and oxygen atoms in total. The average molecular weight is 355 g/mol. The summed E-state index contributed by atoms with van der Waals surface area (Å²) in [5, 5.41) is 3.88. The molecular formula is C21H25NO4. The molecule has 1 aromatic carbocycles. The molecule has 0 unspecified atom stereocenters. The maximum atomic E-state index is 12.9. The van der Waals surface area contributed by atoms with E-state index in [1.54, 1.807) is 7.11 Å². The van der Waals surface area contributed by atoms with Crippen molar-refractivity contribution in [2.75, 3.05) is 7.11 Å². The lowest BCUT2D eigenvalue weighted by Gasteiger charge is -2.47. The Balaban J connectivity index is 1.65. The number of hydrogen-bond donors (Lipinski definition) is 0. The summed E-state index contributed by atoms with van der Waals surface area (Å²) in [5.41, 5.74) is 2.87. The first-order valence-corrected chi connectivity index (χ1v) is 9.40. The van der Waals surface area contributed by atoms with Crippen molar-refractivity contribution in [3.63, 3.8) is 0 Å². The molecule has 0 heterocycles. The second kappa shape index (κ2) is 6.22. The van der Waals surface area contributed by atoms with Crippen LogP contribution in [-0.2, 0) is 20.8 Å². The summed E-state index contributed by atoms with van der Waals surface area (Å²) in [6, 6.07) is 6.41. The number of rotatable bonds is 2. The first kappa shape index (κ1) is 17.3. The minimum Gasteiger partial charge on any atom is -0.497 e. The van der Waals surface area contributed by atoms with Crippen LogP contribution in [0.15, 0.2) is 23.4 Å². The van der Waals surface area contributed by atoms with Crippen molar-refractivity contribution in [3.05, 3.63) is 29.3 Å². The van der Waals surface area contributed by atoms with Crippen LogP contribution in [0.25, 0.3) is 0 Å². The first-order chi connectivity index (χ1) is 12.4. The van der Waals surface area contributed by atoms with Gasteiger partial charge in [-0.25, -0.2) is 4.79 Å². The molecule has 4 rings (SSSR count). The molecule has 2 fully saturated rings. The highest BCUT2D eigenvalue weighted by Gasteiger charge is 2.57. The molecule has 0 radical (unpaired) electrons. The van der Waals surface area contributed by atoms with E-state index in [4.69, 9.17) is 9.57 Å². The number of aryl methyl sites for hydroxylation is 1. The van der Waals surface area contributed by atoms with Crippen molar-refractivity contribution in [3.8, 4) is 5.75 Å². The second-order valence-electron chi connectivity index (χ2n) is 8.09. The smallest absolute Gasteiger partial charge is 0.331 e. The number of ketones is 1. The van der Waals surface area contributed by atoms with Crippen LogP contribution in [0.2, 0.25) is 0 Å². The molecule has 0 aliphatic heterocycles. The van der Waals surface area contributed by atoms with Crippen LogP contribution in [0.4, 0.5) is 0 Å². The van der Waals surface area contributed by atoms with E-state index in [0.717, 1.165) is 31.4 Å². The van der Waals surface area contributed by atoms with Gasteiger partial charge in [-0.05, 0) is 66.7 Å². The fourth-order valence-corrected chi connectivity index (χ4v) is 5.49. The number of hydrogen-bond acceptors (Lipinski definition) is 5. The number of methoxy groups -OCH3 is 1. The Morgan fingerprint density at radius 2 is 2.12 bits per heavy atom. The predicted octanol–water partition coefficient (Wildman–Crippen LogP) is 3.65. The summed E-state index contributed by atoms with van der Waals surface area (Å²) < 4.78 is 5.37. The zero-order chi connectivity index (χ0) is 18.5. The quantitative estimate of drug-likeness (QED) is 0.600. The van der Waals surface area contributed by atoms with E-state index in [2.05, 4.69) is 24.2 Å². The molecule has 2 saturated carbocycles. The highest BCUT2D eigenvalue weighted by molar-refractivity contribution is 6.43. The fraction of sp³-hybridized carbons (Fsp3) is 0.571. The number of benzene rings is 1. The molecule has 0 aromatic heterocycles. The summed E-state index contributed by atoms with van der Waals surface area (Å²) >= 11 is 0. The number of ether oxygens (including phenoxy) is 1. The van der Waals surface area contributed by atoms with Gasteiger partial charge in [-0.2, -0.15) is 0 Å². The van der Waals surface area contributed by atoms with Gasteiger partial charge in [0.1, 0.15) is 11.5 Å². The molecule has 1 aromatic rings. The number of nitrogens with zero attached hydrogens (tertiary/aromatic N) is 1. The normalized spacial score (nSPS) is 34.0. The Morgan fingerprint density at radius 3 is 2.85 bits per heavy atom. The molecule has 5 heteroatoms. The van der Waals surface area contributed by atoms with Gasteiger partial charge in [-0.3, -0.25) is 4.79 Å². The second-order valence-corrected chi connectivity index (χ2v) is 8.09. The van der Waals surface area contributed by atoms with Gasteiger partial charge < -0.3 is 9.57 Å². The van der Waals surface area contributed by atoms with E-state index in [1.807, 2.05) is 6.07 Å². The number of Topliss-reactive ketones (excluding diaryl/α,β-unsaturated/α-hetero) is 1. The van der Waals surface area contributed by atoms with Gasteiger partial charge in [0.25, 0.3) is 0 Å². The number of oxime groups is 1. The topological polar surface area (TPSA) is 65.0 Å². The van der Waals surface area contributed by atoms with Crippen LogP contribution in [0, 0.1) is 17.3 Å². The maximum absolute atomic E-state index is 12.9. The standard InChI is InChI=1S/C21H25NO4/c1-12(23)26-22-19-11-18-17-6-4-13-10-14(25-3)5-7-15(13)16(17)8-9-21(18,2)20(19)24/h5,7,10,16-18H,4,6,8-9,11H2,1-3H3/b22-19+/t16-,17-,18+,21-/m1/s1. The largest absolute Gasteiger partial charge is 0.497 e. The van der Waals surface area contributed by atoms with E-state index >= 15 is 0 Å². The molecule has 138 valence electrons. The fourth-order valence-electron chi connectivity index (χ4n) is 5.49. The van der Waals surface area contributed by atoms with E-state index < -0.39 is 5.97 Å². The highest BCUT2D eigenvalue weighted by Crippen LogP contribution is 2.59. The number of carbonyl (C=O) groups is 2. The zero-order valence-electron chi connectivity index (χ0n) is 15.6. The Bertz CT molecular complexity index is 799. The van der Waals surface area contributed by atoms with E-state index in [-0.39, 0.29) is 17.1 Å². The van der Waals surface area contributed by atoms with Crippen LogP contribution in [0.3, 0.4) is 0 Å². The molecule has 3 aliphatic carbocycles. The first-order valence-electron chi connectivity index (χ1n) is 9.40. The molecule has 0 saturated heterocycles. The molecule has 0 N–H and O–H groups in total. The van der Waals surface area contributed by atoms with Crippen LogP contribution < -0.4 is 4.74 Å². The SMILES string of the molecule is COc1ccc2c(c1)CC[C@@H]1[C@@H]2CC[C@@]2(C)C(=O)/C(=N/OC(C)=O)C[C@@H]12. The van der Waals surface area contributed by atoms with Crippen LogP contribution in [0.1, 0.15) is 56.6 Å². The van der Waals surface area contributed by atoms with Crippen molar-refractivity contribution >= 4 is 17.5 Å². The van der Waals surface area contributed by atoms with Gasteiger partial charge in [0.2, 0.25) is 0 Å². The van der Waals surface area contributed by atoms with Crippen LogP contribution >= 0.6 is 0 Å². The lowest BCUT2D eigenvalue weighted by molar-refractivity contribution is -0.141. The monoisotopic (exact) mass is 355 g/mol. The average Bonchev–Trinajstić information content (AvgIpc) is 2.90. The third kappa shape index (κ3) is 2.56. The number of fused-ring (bicyclic) bond motifs is 5. The summed E-state index contributed by atoms with van der Waals surface area (Å²) in [5.74, 6) is 1.74. The minimum atomic E-state index is -0.483. The molecule has 26 heavy (non-hydrogen) atoms. The lowest BCUT2D eigenvalue weighted by Crippen LogP contribution is -2.42. The van der Waals surface area contributed by atoms with Crippen LogP contribution in [0.5, 0.6) is 5.75 Å². The predicted molar refractivity (Wildman–Crippen MR) is 97.2 cm³/mol. The molecule has 0 spiro atoms. The summed E-state index contributed by atoms with van der Waals surface area (Å²) in [4.78, 5) is 28.8. The molecule has 0 bridgehead atoms. The van der Waals surface area contributed by atoms with Gasteiger partial charge in [0.15, 0.2) is 5.78 Å². The van der Waals surface area contributed by atoms with Crippen molar-refractivity contribution in [2.24, 2.45) is 22.4 Å². The Morgan fingerprint density at radius 1 is 1.31 bits per heavy atom. The van der Waals surface area contributed by atoms with Gasteiger partial charge >= 0.3 is 5.97 Å². The number of carbonyl (C=O) groups excluding carboxylic acids is 2. The summed E-state index contributed by atoms with van der Waals surface area (Å²) in [6.07, 6.45) is 4.60. The third-order valence-corrected chi connectivity index (χ3v) is 6.80. The highest BCUT2D eigenvalue weighted by atomic mass is 16.7. The Kier molecular flexibility index (Phi) is 4.13. The molecule has 0 amide bonds. The van der Waals surface area contributed by atoms with Crippen molar-refractivity contribution in [2.45, 2.75) is 51.9 Å². The van der Waals surface area contributed by atoms with Crippen LogP contribution in [-0.4, -0.2) is 24.6 Å². The van der Waals surface area contributed by atoms with E-state index in [9.17, 15) is 9.59 Å². The summed E-state index contributed by atoms with van der Waals surface area (Å²) in [6.45, 7) is 3.39. The van der Waals surface area contributed by atoms with Gasteiger partial charge in [0.05, 0.1) is 7.11 Å². The minimum absolute atomic E-state index is 0.0720. The van der Waals surface area contributed by atoms with Gasteiger partial charge in [-0.1, -0.05) is 18.1 Å². The lowest BCUT2D eigenvalue weighted by atomic mass is 9.55. The third-order valence-electron chi connectivity index (χ3n) is 6.80. The zero-order valence-corrected chi connectivity index (χ0v) is 15.6. The van der Waals surface area contributed by atoms with E-state index in [1.165, 1.54) is 18.1 Å². The maximum Gasteiger partial charge on any atom is 0.331 e. The van der Waals surface area contributed by atoms with E-state index in [0.29, 0.717) is 24.0 Å². The van der Waals surface area contributed by atoms with Crippen molar-refractivity contribution in [1.29, 1.82) is 0 Å². The van der Waals surface area contributed by atoms with Gasteiger partial charge in [-0.15, -0.1) is 0 Å². The molecular weight excluding hydrogens is 330 g/mol. The van der Waals surface area contributed by atoms with Gasteiger partial charge in [0, 0.05) is 18.8 Å². The Hall–Kier alpha value is -2.17.